The van der Waals surface area contributed by atoms with E-state index < -0.39 is 0 Å². The van der Waals surface area contributed by atoms with E-state index in [1.807, 2.05) is 41.1 Å². The van der Waals surface area contributed by atoms with Crippen LogP contribution in [0.25, 0.3) is 44.8 Å². The molecule has 3 heterocycles. The van der Waals surface area contributed by atoms with Crippen molar-refractivity contribution in [3.63, 3.8) is 0 Å². The molecule has 0 radical (unpaired) electrons. The number of rotatable bonds is 4. The van der Waals surface area contributed by atoms with Crippen molar-refractivity contribution in [2.45, 2.75) is 26.2 Å². The van der Waals surface area contributed by atoms with E-state index in [2.05, 4.69) is 135 Å². The molecule has 5 aromatic carbocycles. The minimum atomic E-state index is -0.0107. The van der Waals surface area contributed by atoms with Crippen LogP contribution < -0.4 is 9.31 Å². The Balaban J connectivity index is 0.00000348. The smallest absolute Gasteiger partial charge is 0.287 e. The molecular formula is C43H30N4OPt-2. The predicted octanol–water partition coefficient (Wildman–Crippen LogP) is 10.1. The number of hydrogen-bond donors (Lipinski definition) is 0. The molecule has 0 amide bonds. The Morgan fingerprint density at radius 3 is 2.43 bits per heavy atom. The molecule has 49 heavy (non-hydrogen) atoms. The molecule has 240 valence electrons. The summed E-state index contributed by atoms with van der Waals surface area (Å²) in [5, 5.41) is 2.23. The quantitative estimate of drug-likeness (QED) is 0.131. The fourth-order valence-corrected chi connectivity index (χ4v) is 6.73. The van der Waals surface area contributed by atoms with Gasteiger partial charge < -0.3 is 13.9 Å². The third-order valence-electron chi connectivity index (χ3n) is 9.09. The average molecular weight is 814 g/mol. The van der Waals surface area contributed by atoms with Gasteiger partial charge in [0, 0.05) is 44.3 Å². The Morgan fingerprint density at radius 2 is 1.53 bits per heavy atom. The maximum absolute atomic E-state index is 6.49. The van der Waals surface area contributed by atoms with Crippen LogP contribution in [0.4, 0.5) is 11.4 Å². The molecule has 0 unspecified atom stereocenters. The molecule has 2 aromatic heterocycles. The molecule has 0 saturated heterocycles. The summed E-state index contributed by atoms with van der Waals surface area (Å²) in [7, 11) is 0. The molecule has 7 aromatic rings. The maximum Gasteiger partial charge on any atom is 0.287 e. The molecule has 1 aliphatic carbocycles. The number of pyridine rings is 1. The first-order chi connectivity index (χ1) is 23.4. The monoisotopic (exact) mass is 813 g/mol. The van der Waals surface area contributed by atoms with Gasteiger partial charge in [0.05, 0.1) is 5.69 Å². The number of nitrogens with zero attached hydrogens (tertiary/aromatic N) is 4. The van der Waals surface area contributed by atoms with Crippen LogP contribution in [-0.4, -0.2) is 21.6 Å². The number of hydrogen-bond acceptors (Lipinski definition) is 3. The van der Waals surface area contributed by atoms with Crippen molar-refractivity contribution in [3.05, 3.63) is 150 Å². The van der Waals surface area contributed by atoms with E-state index >= 15 is 0 Å². The van der Waals surface area contributed by atoms with E-state index in [9.17, 15) is 0 Å². The summed E-state index contributed by atoms with van der Waals surface area (Å²) < 4.78 is 10.6. The van der Waals surface area contributed by atoms with E-state index in [0.717, 1.165) is 61.4 Å². The van der Waals surface area contributed by atoms with Gasteiger partial charge in [-0.05, 0) is 56.8 Å². The van der Waals surface area contributed by atoms with Crippen LogP contribution in [0.3, 0.4) is 0 Å². The molecule has 2 aliphatic rings. The van der Waals surface area contributed by atoms with Crippen molar-refractivity contribution in [2.75, 3.05) is 0 Å². The second kappa shape index (κ2) is 11.9. The number of ether oxygens (including phenoxy) is 1. The standard InChI is InChI=1S/C43H30N4O.Pt/c1-43(2,3)29-22-23-44-41(24-29)47-39-17-7-5-13-33(39)35-20-19-32(26-40(35)47)48-31-12-9-11-30(25-31)46-27-45-37-21-18-28-10-8-15-36(42(28)37)34-14-4-6-16-38(34)46;/h4-24H,1-3H3;/q-2;. The average Bonchev–Trinajstić information content (AvgIpc) is 3.66. The van der Waals surface area contributed by atoms with Crippen LogP contribution in [0.5, 0.6) is 11.5 Å². The molecule has 0 fully saturated rings. The van der Waals surface area contributed by atoms with Crippen LogP contribution in [0.15, 0.2) is 126 Å². The second-order valence-corrected chi connectivity index (χ2v) is 13.1. The second-order valence-electron chi connectivity index (χ2n) is 13.1. The van der Waals surface area contributed by atoms with Gasteiger partial charge in [0.25, 0.3) is 6.34 Å². The normalized spacial score (nSPS) is 13.2. The number of aliphatic imine (C=N–C) groups is 1. The SMILES string of the molecule is CC(C)(C)c1ccnc(-n2c3[c-]c(Oc4[c-]c([N+]5=[C-]N=C6C=Cc7cccc(c76)-c6ccccc65)ccc4)ccc3c3ccccc32)c1.[Pt]. The summed E-state index contributed by atoms with van der Waals surface area (Å²) in [5.74, 6) is 2.01. The van der Waals surface area contributed by atoms with Crippen LogP contribution >= 0.6 is 0 Å². The summed E-state index contributed by atoms with van der Waals surface area (Å²) in [4.78, 5) is 9.61. The molecule has 0 N–H and O–H groups in total. The number of para-hydroxylation sites is 2. The van der Waals surface area contributed by atoms with Crippen molar-refractivity contribution in [1.82, 2.24) is 14.1 Å². The van der Waals surface area contributed by atoms with Crippen molar-refractivity contribution < 1.29 is 25.8 Å². The van der Waals surface area contributed by atoms with Gasteiger partial charge in [-0.3, -0.25) is 0 Å². The molecule has 9 rings (SSSR count). The zero-order valence-corrected chi connectivity index (χ0v) is 29.4. The van der Waals surface area contributed by atoms with Crippen LogP contribution in [0, 0.1) is 12.1 Å². The van der Waals surface area contributed by atoms with Crippen LogP contribution in [0.1, 0.15) is 37.5 Å². The Bertz CT molecular complexity index is 2530. The van der Waals surface area contributed by atoms with Crippen molar-refractivity contribution in [1.29, 1.82) is 0 Å². The third-order valence-corrected chi connectivity index (χ3v) is 9.09. The fraction of sp³-hybridized carbons (Fsp3) is 0.0930. The molecule has 6 heteroatoms. The Kier molecular flexibility index (Phi) is 7.54. The minimum absolute atomic E-state index is 0. The predicted molar refractivity (Wildman–Crippen MR) is 195 cm³/mol. The molecular weight excluding hydrogens is 784 g/mol. The van der Waals surface area contributed by atoms with Gasteiger partial charge >= 0.3 is 0 Å². The summed E-state index contributed by atoms with van der Waals surface area (Å²) in [6.07, 6.45) is 9.36. The van der Waals surface area contributed by atoms with Gasteiger partial charge in [0.2, 0.25) is 0 Å². The first-order valence-electron chi connectivity index (χ1n) is 16.1. The summed E-state index contributed by atoms with van der Waals surface area (Å²) in [6, 6.07) is 44.4. The maximum atomic E-state index is 6.49. The molecule has 0 saturated carbocycles. The zero-order chi connectivity index (χ0) is 32.4. The number of benzene rings is 5. The Morgan fingerprint density at radius 1 is 0.735 bits per heavy atom. The van der Waals surface area contributed by atoms with Crippen LogP contribution in [-0.2, 0) is 26.5 Å². The summed E-state index contributed by atoms with van der Waals surface area (Å²) in [6.45, 7) is 6.65. The molecule has 1 aliphatic heterocycles. The number of allylic oxidation sites excluding steroid dienone is 1. The van der Waals surface area contributed by atoms with Gasteiger partial charge in [-0.25, -0.2) is 4.98 Å². The van der Waals surface area contributed by atoms with Gasteiger partial charge in [0.1, 0.15) is 11.5 Å². The van der Waals surface area contributed by atoms with Crippen molar-refractivity contribution >= 4 is 51.3 Å². The topological polar surface area (TPSA) is 42.4 Å². The van der Waals surface area contributed by atoms with E-state index in [0.29, 0.717) is 11.5 Å². The summed E-state index contributed by atoms with van der Waals surface area (Å²) in [5.41, 5.74) is 10.4. The van der Waals surface area contributed by atoms with Gasteiger partial charge in [-0.2, -0.15) is 18.2 Å². The van der Waals surface area contributed by atoms with Crippen molar-refractivity contribution in [3.8, 4) is 28.4 Å². The van der Waals surface area contributed by atoms with E-state index in [1.165, 1.54) is 11.1 Å². The largest absolute Gasteiger partial charge is 0.510 e. The number of aromatic nitrogens is 2. The number of fused-ring (bicyclic) bond motifs is 5. The Hall–Kier alpha value is -5.38. The van der Waals surface area contributed by atoms with Gasteiger partial charge in [0.15, 0.2) is 0 Å². The van der Waals surface area contributed by atoms with E-state index in [4.69, 9.17) is 14.7 Å². The van der Waals surface area contributed by atoms with Crippen LogP contribution in [0.2, 0.25) is 0 Å². The minimum Gasteiger partial charge on any atom is -0.510 e. The van der Waals surface area contributed by atoms with E-state index in [1.54, 1.807) is 0 Å². The third kappa shape index (κ3) is 5.26. The first-order valence-corrected chi connectivity index (χ1v) is 16.1. The fourth-order valence-electron chi connectivity index (χ4n) is 6.73. The van der Waals surface area contributed by atoms with Gasteiger partial charge in [-0.1, -0.05) is 105 Å². The Labute approximate surface area is 299 Å². The van der Waals surface area contributed by atoms with Crippen molar-refractivity contribution in [2.24, 2.45) is 4.99 Å². The first kappa shape index (κ1) is 30.9. The molecule has 5 nitrogen and oxygen atoms in total. The molecule has 0 atom stereocenters. The summed E-state index contributed by atoms with van der Waals surface area (Å²) >= 11 is 0. The van der Waals surface area contributed by atoms with E-state index in [-0.39, 0.29) is 26.5 Å². The zero-order valence-electron chi connectivity index (χ0n) is 27.1. The van der Waals surface area contributed by atoms with Gasteiger partial charge in [-0.15, -0.1) is 34.6 Å². The molecule has 0 spiro atoms. The molecule has 0 bridgehead atoms.